The fourth-order valence-corrected chi connectivity index (χ4v) is 1.68. The minimum atomic E-state index is -0.675. The molecule has 0 spiro atoms. The lowest BCUT2D eigenvalue weighted by atomic mass is 10.1. The van der Waals surface area contributed by atoms with E-state index in [1.165, 1.54) is 0 Å². The third kappa shape index (κ3) is 3.11. The minimum absolute atomic E-state index is 0.254. The molecule has 1 aromatic carbocycles. The molecule has 0 saturated carbocycles. The molecule has 1 rings (SSSR count). The van der Waals surface area contributed by atoms with Crippen LogP contribution < -0.4 is 4.74 Å². The van der Waals surface area contributed by atoms with Crippen molar-refractivity contribution in [2.24, 2.45) is 0 Å². The maximum Gasteiger partial charge on any atom is 0.137 e. The van der Waals surface area contributed by atoms with Crippen molar-refractivity contribution in [3.05, 3.63) is 28.8 Å². The Morgan fingerprint density at radius 3 is 2.69 bits per heavy atom. The molecule has 0 aliphatic rings. The van der Waals surface area contributed by atoms with Crippen LogP contribution in [0.5, 0.6) is 5.75 Å². The van der Waals surface area contributed by atoms with Gasteiger partial charge in [0.25, 0.3) is 0 Å². The number of benzene rings is 1. The zero-order valence-electron chi connectivity index (χ0n) is 9.74. The van der Waals surface area contributed by atoms with Gasteiger partial charge in [-0.1, -0.05) is 17.7 Å². The van der Waals surface area contributed by atoms with Gasteiger partial charge in [0, 0.05) is 6.61 Å². The van der Waals surface area contributed by atoms with Gasteiger partial charge >= 0.3 is 0 Å². The second-order valence-corrected chi connectivity index (χ2v) is 3.91. The first-order valence-corrected chi connectivity index (χ1v) is 5.61. The van der Waals surface area contributed by atoms with Crippen LogP contribution in [0.25, 0.3) is 0 Å². The molecule has 90 valence electrons. The Morgan fingerprint density at radius 2 is 2.12 bits per heavy atom. The number of halogens is 1. The van der Waals surface area contributed by atoms with Crippen molar-refractivity contribution in [2.45, 2.75) is 26.1 Å². The molecule has 0 aromatic heterocycles. The van der Waals surface area contributed by atoms with Crippen LogP contribution in [-0.2, 0) is 4.74 Å². The summed E-state index contributed by atoms with van der Waals surface area (Å²) in [5.74, 6) is 0.557. The maximum absolute atomic E-state index is 10.0. The second-order valence-electron chi connectivity index (χ2n) is 3.50. The Labute approximate surface area is 101 Å². The number of aliphatic hydroxyl groups excluding tert-OH is 1. The van der Waals surface area contributed by atoms with Crippen LogP contribution in [0.1, 0.15) is 25.5 Å². The van der Waals surface area contributed by atoms with Gasteiger partial charge in [-0.05, 0) is 31.5 Å². The highest BCUT2D eigenvalue weighted by atomic mass is 35.5. The lowest BCUT2D eigenvalue weighted by molar-refractivity contribution is -0.0228. The highest BCUT2D eigenvalue weighted by Crippen LogP contribution is 2.29. The van der Waals surface area contributed by atoms with Crippen LogP contribution in [0.2, 0.25) is 5.02 Å². The third-order valence-corrected chi connectivity index (χ3v) is 2.70. The van der Waals surface area contributed by atoms with Gasteiger partial charge in [0.05, 0.1) is 18.2 Å². The van der Waals surface area contributed by atoms with Crippen molar-refractivity contribution < 1.29 is 14.6 Å². The Hall–Kier alpha value is -0.770. The summed E-state index contributed by atoms with van der Waals surface area (Å²) in [7, 11) is 1.54. The Morgan fingerprint density at radius 1 is 1.44 bits per heavy atom. The summed E-state index contributed by atoms with van der Waals surface area (Å²) in [6.45, 7) is 4.30. The predicted molar refractivity (Wildman–Crippen MR) is 64.1 cm³/mol. The molecule has 0 fully saturated rings. The molecule has 3 nitrogen and oxygen atoms in total. The maximum atomic E-state index is 10.0. The van der Waals surface area contributed by atoms with E-state index < -0.39 is 6.10 Å². The molecule has 0 amide bonds. The number of aliphatic hydroxyl groups is 1. The van der Waals surface area contributed by atoms with Gasteiger partial charge in [0.15, 0.2) is 0 Å². The molecule has 0 saturated heterocycles. The van der Waals surface area contributed by atoms with Gasteiger partial charge in [-0.25, -0.2) is 0 Å². The Balaban J connectivity index is 2.87. The Bertz CT molecular complexity index is 341. The van der Waals surface area contributed by atoms with E-state index >= 15 is 0 Å². The van der Waals surface area contributed by atoms with Gasteiger partial charge < -0.3 is 14.6 Å². The average molecular weight is 245 g/mol. The molecule has 0 radical (unpaired) electrons. The summed E-state index contributed by atoms with van der Waals surface area (Å²) >= 11 is 5.90. The minimum Gasteiger partial charge on any atom is -0.495 e. The van der Waals surface area contributed by atoms with E-state index in [0.717, 1.165) is 5.56 Å². The van der Waals surface area contributed by atoms with Crippen molar-refractivity contribution in [1.82, 2.24) is 0 Å². The third-order valence-electron chi connectivity index (χ3n) is 2.39. The van der Waals surface area contributed by atoms with Gasteiger partial charge in [-0.3, -0.25) is 0 Å². The van der Waals surface area contributed by atoms with Crippen molar-refractivity contribution in [2.75, 3.05) is 13.7 Å². The van der Waals surface area contributed by atoms with Crippen LogP contribution in [0.4, 0.5) is 0 Å². The summed E-state index contributed by atoms with van der Waals surface area (Å²) in [6.07, 6.45) is -0.929. The van der Waals surface area contributed by atoms with Gasteiger partial charge in [0.2, 0.25) is 0 Å². The fourth-order valence-electron chi connectivity index (χ4n) is 1.49. The van der Waals surface area contributed by atoms with E-state index in [4.69, 9.17) is 21.1 Å². The number of ether oxygens (including phenoxy) is 2. The highest BCUT2D eigenvalue weighted by molar-refractivity contribution is 6.32. The zero-order valence-corrected chi connectivity index (χ0v) is 10.5. The van der Waals surface area contributed by atoms with Crippen LogP contribution in [0, 0.1) is 0 Å². The lowest BCUT2D eigenvalue weighted by Crippen LogP contribution is -2.18. The molecule has 16 heavy (non-hydrogen) atoms. The smallest absolute Gasteiger partial charge is 0.137 e. The first kappa shape index (κ1) is 13.3. The number of rotatable bonds is 5. The monoisotopic (exact) mass is 244 g/mol. The summed E-state index contributed by atoms with van der Waals surface area (Å²) in [5, 5.41) is 10.5. The van der Waals surface area contributed by atoms with E-state index in [9.17, 15) is 5.11 Å². The topological polar surface area (TPSA) is 38.7 Å². The quantitative estimate of drug-likeness (QED) is 0.866. The van der Waals surface area contributed by atoms with E-state index in [1.54, 1.807) is 25.3 Å². The normalized spacial score (nSPS) is 14.6. The molecule has 2 unspecified atom stereocenters. The molecule has 1 N–H and O–H groups in total. The van der Waals surface area contributed by atoms with Crippen molar-refractivity contribution >= 4 is 11.6 Å². The largest absolute Gasteiger partial charge is 0.495 e. The van der Waals surface area contributed by atoms with Crippen LogP contribution in [0.3, 0.4) is 0 Å². The molecule has 2 atom stereocenters. The molecule has 4 heteroatoms. The molecule has 1 aromatic rings. The average Bonchev–Trinajstić information content (AvgIpc) is 2.29. The molecular formula is C12H17ClO3. The first-order valence-electron chi connectivity index (χ1n) is 5.23. The van der Waals surface area contributed by atoms with Crippen LogP contribution in [0.15, 0.2) is 18.2 Å². The Kier molecular flexibility index (Phi) is 5.06. The summed E-state index contributed by atoms with van der Waals surface area (Å²) < 4.78 is 10.4. The van der Waals surface area contributed by atoms with E-state index in [2.05, 4.69) is 0 Å². The summed E-state index contributed by atoms with van der Waals surface area (Å²) in [5.41, 5.74) is 0.738. The molecular weight excluding hydrogens is 228 g/mol. The summed E-state index contributed by atoms with van der Waals surface area (Å²) in [6, 6.07) is 5.20. The molecule has 0 bridgehead atoms. The molecule has 0 heterocycles. The van der Waals surface area contributed by atoms with Gasteiger partial charge in [-0.15, -0.1) is 0 Å². The van der Waals surface area contributed by atoms with Gasteiger partial charge in [-0.2, -0.15) is 0 Å². The zero-order chi connectivity index (χ0) is 12.1. The van der Waals surface area contributed by atoms with Crippen molar-refractivity contribution in [1.29, 1.82) is 0 Å². The SMILES string of the molecule is CCOC(C)C(O)c1ccc(Cl)c(OC)c1. The van der Waals surface area contributed by atoms with Crippen LogP contribution in [-0.4, -0.2) is 24.9 Å². The molecule has 0 aliphatic heterocycles. The predicted octanol–water partition coefficient (Wildman–Crippen LogP) is 2.81. The number of hydrogen-bond donors (Lipinski definition) is 1. The first-order chi connectivity index (χ1) is 7.60. The second kappa shape index (κ2) is 6.09. The summed E-state index contributed by atoms with van der Waals surface area (Å²) in [4.78, 5) is 0. The standard InChI is InChI=1S/C12H17ClO3/c1-4-16-8(2)12(14)9-5-6-10(13)11(7-9)15-3/h5-8,12,14H,4H2,1-3H3. The highest BCUT2D eigenvalue weighted by Gasteiger charge is 2.17. The van der Waals surface area contributed by atoms with E-state index in [-0.39, 0.29) is 6.10 Å². The van der Waals surface area contributed by atoms with Crippen molar-refractivity contribution in [3.8, 4) is 5.75 Å². The van der Waals surface area contributed by atoms with Crippen LogP contribution >= 0.6 is 11.6 Å². The number of hydrogen-bond acceptors (Lipinski definition) is 3. The van der Waals surface area contributed by atoms with E-state index in [1.807, 2.05) is 13.8 Å². The van der Waals surface area contributed by atoms with E-state index in [0.29, 0.717) is 17.4 Å². The van der Waals surface area contributed by atoms with Crippen molar-refractivity contribution in [3.63, 3.8) is 0 Å². The fraction of sp³-hybridized carbons (Fsp3) is 0.500. The van der Waals surface area contributed by atoms with Gasteiger partial charge in [0.1, 0.15) is 11.9 Å². The molecule has 0 aliphatic carbocycles. The number of methoxy groups -OCH3 is 1. The lowest BCUT2D eigenvalue weighted by Gasteiger charge is -2.19.